The first-order valence-electron chi connectivity index (χ1n) is 6.81. The van der Waals surface area contributed by atoms with Crippen LogP contribution in [0, 0.1) is 0 Å². The molecule has 0 aliphatic carbocycles. The third kappa shape index (κ3) is 3.94. The lowest BCUT2D eigenvalue weighted by Crippen LogP contribution is -2.25. The van der Waals surface area contributed by atoms with Crippen LogP contribution in [0.4, 0.5) is 0 Å². The number of aliphatic hydroxyl groups is 1. The van der Waals surface area contributed by atoms with Crippen LogP contribution in [0.3, 0.4) is 0 Å². The van der Waals surface area contributed by atoms with Crippen LogP contribution in [-0.4, -0.2) is 24.6 Å². The zero-order valence-corrected chi connectivity index (χ0v) is 13.7. The highest BCUT2D eigenvalue weighted by molar-refractivity contribution is 7.91. The van der Waals surface area contributed by atoms with Crippen molar-refractivity contribution in [2.75, 3.05) is 6.54 Å². The molecule has 2 aromatic heterocycles. The summed E-state index contributed by atoms with van der Waals surface area (Å²) in [5.74, 6) is 0. The summed E-state index contributed by atoms with van der Waals surface area (Å²) in [5.41, 5.74) is 0.776. The van der Waals surface area contributed by atoms with E-state index in [0.29, 0.717) is 10.6 Å². The molecule has 21 heavy (non-hydrogen) atoms. The average Bonchev–Trinajstić information content (AvgIpc) is 3.06. The van der Waals surface area contributed by atoms with Crippen LogP contribution in [0.1, 0.15) is 30.0 Å². The van der Waals surface area contributed by atoms with E-state index < -0.39 is 16.1 Å². The standard InChI is InChI=1S/C14H20N2O3S2/c1-3-11-6-7-14(20-11)21(18,19)15-9-8-13(17)12-5-4-10-16(12)2/h4-7,10,13,15,17H,3,8-9H2,1-2H3. The smallest absolute Gasteiger partial charge is 0.250 e. The van der Waals surface area contributed by atoms with Crippen LogP contribution in [0.2, 0.25) is 0 Å². The summed E-state index contributed by atoms with van der Waals surface area (Å²) in [6.07, 6.45) is 2.33. The Hall–Kier alpha value is -1.15. The van der Waals surface area contributed by atoms with Gasteiger partial charge in [0.15, 0.2) is 0 Å². The zero-order chi connectivity index (χ0) is 15.5. The highest BCUT2D eigenvalue weighted by Gasteiger charge is 2.17. The Bertz CT molecular complexity index is 689. The number of sulfonamides is 1. The quantitative estimate of drug-likeness (QED) is 0.817. The van der Waals surface area contributed by atoms with Gasteiger partial charge in [0.05, 0.1) is 6.10 Å². The maximum absolute atomic E-state index is 12.1. The van der Waals surface area contributed by atoms with Gasteiger partial charge in [-0.1, -0.05) is 6.92 Å². The third-order valence-electron chi connectivity index (χ3n) is 3.29. The van der Waals surface area contributed by atoms with Crippen molar-refractivity contribution in [2.45, 2.75) is 30.1 Å². The van der Waals surface area contributed by atoms with Gasteiger partial charge in [-0.2, -0.15) is 0 Å². The van der Waals surface area contributed by atoms with Crippen LogP contribution in [0.15, 0.2) is 34.7 Å². The van der Waals surface area contributed by atoms with Crippen molar-refractivity contribution in [3.05, 3.63) is 41.0 Å². The number of hydrogen-bond donors (Lipinski definition) is 2. The highest BCUT2D eigenvalue weighted by atomic mass is 32.2. The van der Waals surface area contributed by atoms with E-state index in [4.69, 9.17) is 0 Å². The summed E-state index contributed by atoms with van der Waals surface area (Å²) >= 11 is 1.28. The third-order valence-corrected chi connectivity index (χ3v) is 6.47. The first-order valence-corrected chi connectivity index (χ1v) is 9.11. The van der Waals surface area contributed by atoms with Crippen LogP contribution in [0.5, 0.6) is 0 Å². The van der Waals surface area contributed by atoms with Crippen molar-refractivity contribution in [2.24, 2.45) is 7.05 Å². The van der Waals surface area contributed by atoms with Gasteiger partial charge in [-0.05, 0) is 37.1 Å². The molecule has 5 nitrogen and oxygen atoms in total. The number of hydrogen-bond acceptors (Lipinski definition) is 4. The SMILES string of the molecule is CCc1ccc(S(=O)(=O)NCCC(O)c2cccn2C)s1. The molecule has 2 rings (SSSR count). The number of thiophene rings is 1. The van der Waals surface area contributed by atoms with E-state index in [0.717, 1.165) is 17.0 Å². The molecule has 1 unspecified atom stereocenters. The Balaban J connectivity index is 1.92. The molecule has 0 aromatic carbocycles. The molecule has 2 heterocycles. The van der Waals surface area contributed by atoms with Crippen LogP contribution >= 0.6 is 11.3 Å². The molecule has 0 fully saturated rings. The minimum absolute atomic E-state index is 0.202. The van der Waals surface area contributed by atoms with Crippen LogP contribution in [0.25, 0.3) is 0 Å². The molecule has 0 amide bonds. The predicted octanol–water partition coefficient (Wildman–Crippen LogP) is 2.05. The van der Waals surface area contributed by atoms with Gasteiger partial charge in [0.2, 0.25) is 10.0 Å². The fourth-order valence-corrected chi connectivity index (χ4v) is 4.45. The molecule has 7 heteroatoms. The van der Waals surface area contributed by atoms with Gasteiger partial charge in [0.25, 0.3) is 0 Å². The number of aryl methyl sites for hydroxylation is 2. The first kappa shape index (κ1) is 16.2. The van der Waals surface area contributed by atoms with Gasteiger partial charge in [-0.15, -0.1) is 11.3 Å². The Morgan fingerprint density at radius 1 is 1.38 bits per heavy atom. The van der Waals surface area contributed by atoms with Crippen molar-refractivity contribution in [3.8, 4) is 0 Å². The lowest BCUT2D eigenvalue weighted by atomic mass is 10.2. The van der Waals surface area contributed by atoms with Crippen LogP contribution < -0.4 is 4.72 Å². The van der Waals surface area contributed by atoms with Crippen LogP contribution in [-0.2, 0) is 23.5 Å². The largest absolute Gasteiger partial charge is 0.387 e. The molecule has 116 valence electrons. The predicted molar refractivity (Wildman–Crippen MR) is 83.9 cm³/mol. The van der Waals surface area contributed by atoms with Crippen molar-refractivity contribution in [1.82, 2.24) is 9.29 Å². The second kappa shape index (κ2) is 6.74. The molecule has 1 atom stereocenters. The van der Waals surface area contributed by atoms with Gasteiger partial charge in [-0.3, -0.25) is 0 Å². The number of nitrogens with one attached hydrogen (secondary N) is 1. The fourth-order valence-electron chi connectivity index (χ4n) is 2.06. The summed E-state index contributed by atoms with van der Waals surface area (Å²) in [7, 11) is -1.63. The Morgan fingerprint density at radius 2 is 2.14 bits per heavy atom. The zero-order valence-electron chi connectivity index (χ0n) is 12.1. The van der Waals surface area contributed by atoms with Gasteiger partial charge < -0.3 is 9.67 Å². The number of rotatable bonds is 7. The lowest BCUT2D eigenvalue weighted by molar-refractivity contribution is 0.161. The average molecular weight is 328 g/mol. The van der Waals surface area contributed by atoms with Gasteiger partial charge in [0, 0.05) is 30.4 Å². The molecule has 0 radical (unpaired) electrons. The van der Waals surface area contributed by atoms with E-state index in [1.54, 1.807) is 6.07 Å². The highest BCUT2D eigenvalue weighted by Crippen LogP contribution is 2.22. The Kier molecular flexibility index (Phi) is 5.21. The van der Waals surface area contributed by atoms with Crippen molar-refractivity contribution in [1.29, 1.82) is 0 Å². The first-order chi connectivity index (χ1) is 9.94. The van der Waals surface area contributed by atoms with E-state index in [1.165, 1.54) is 11.3 Å². The molecular weight excluding hydrogens is 308 g/mol. The second-order valence-corrected chi connectivity index (χ2v) is 7.98. The molecule has 2 N–H and O–H groups in total. The number of aromatic nitrogens is 1. The molecule has 0 aliphatic rings. The Labute approximate surface area is 129 Å². The van der Waals surface area contributed by atoms with E-state index in [1.807, 2.05) is 42.9 Å². The molecule has 2 aromatic rings. The van der Waals surface area contributed by atoms with E-state index >= 15 is 0 Å². The summed E-state index contributed by atoms with van der Waals surface area (Å²) in [4.78, 5) is 1.04. The minimum atomic E-state index is -3.47. The monoisotopic (exact) mass is 328 g/mol. The topological polar surface area (TPSA) is 71.3 Å². The van der Waals surface area contributed by atoms with Crippen molar-refractivity contribution < 1.29 is 13.5 Å². The molecular formula is C14H20N2O3S2. The summed E-state index contributed by atoms with van der Waals surface area (Å²) in [5, 5.41) is 10.0. The van der Waals surface area contributed by atoms with E-state index in [2.05, 4.69) is 4.72 Å². The number of aliphatic hydroxyl groups excluding tert-OH is 1. The maximum Gasteiger partial charge on any atom is 0.250 e. The summed E-state index contributed by atoms with van der Waals surface area (Å²) < 4.78 is 28.9. The summed E-state index contributed by atoms with van der Waals surface area (Å²) in [6.45, 7) is 2.19. The molecule has 0 saturated carbocycles. The van der Waals surface area contributed by atoms with Gasteiger partial charge in [0.1, 0.15) is 4.21 Å². The Morgan fingerprint density at radius 3 is 2.71 bits per heavy atom. The van der Waals surface area contributed by atoms with Gasteiger partial charge >= 0.3 is 0 Å². The summed E-state index contributed by atoms with van der Waals surface area (Å²) in [6, 6.07) is 7.13. The van der Waals surface area contributed by atoms with E-state index in [9.17, 15) is 13.5 Å². The molecule has 0 spiro atoms. The second-order valence-electron chi connectivity index (χ2n) is 4.82. The van der Waals surface area contributed by atoms with E-state index in [-0.39, 0.29) is 6.54 Å². The normalized spacial score (nSPS) is 13.5. The maximum atomic E-state index is 12.1. The molecule has 0 bridgehead atoms. The number of nitrogens with zero attached hydrogens (tertiary/aromatic N) is 1. The minimum Gasteiger partial charge on any atom is -0.387 e. The van der Waals surface area contributed by atoms with Crippen molar-refractivity contribution in [3.63, 3.8) is 0 Å². The molecule has 0 saturated heterocycles. The van der Waals surface area contributed by atoms with Crippen molar-refractivity contribution >= 4 is 21.4 Å². The fraction of sp³-hybridized carbons (Fsp3) is 0.429. The van der Waals surface area contributed by atoms with Gasteiger partial charge in [-0.25, -0.2) is 13.1 Å². The molecule has 0 aliphatic heterocycles. The lowest BCUT2D eigenvalue weighted by Gasteiger charge is -2.12.